The lowest BCUT2D eigenvalue weighted by molar-refractivity contribution is -0.117. The number of carbonyl (C=O) groups excluding carboxylic acids is 2. The van der Waals surface area contributed by atoms with Crippen LogP contribution < -0.4 is 15.6 Å². The highest BCUT2D eigenvalue weighted by Crippen LogP contribution is 2.19. The van der Waals surface area contributed by atoms with Crippen molar-refractivity contribution in [2.75, 3.05) is 12.4 Å². The van der Waals surface area contributed by atoms with Gasteiger partial charge in [0, 0.05) is 22.9 Å². The summed E-state index contributed by atoms with van der Waals surface area (Å²) in [7, 11) is 1.58. The predicted molar refractivity (Wildman–Crippen MR) is 106 cm³/mol. The zero-order valence-electron chi connectivity index (χ0n) is 15.5. The van der Waals surface area contributed by atoms with Crippen molar-refractivity contribution in [2.45, 2.75) is 13.5 Å². The highest BCUT2D eigenvalue weighted by molar-refractivity contribution is 5.97. The number of Topliss-reactive ketones (excluding diaryl/α,β-unsaturated/α-hetero) is 1. The van der Waals surface area contributed by atoms with E-state index >= 15 is 0 Å². The van der Waals surface area contributed by atoms with Gasteiger partial charge in [-0.1, -0.05) is 12.1 Å². The van der Waals surface area contributed by atoms with E-state index in [1.165, 1.54) is 13.0 Å². The second kappa shape index (κ2) is 8.30. The van der Waals surface area contributed by atoms with Gasteiger partial charge in [0.15, 0.2) is 5.78 Å². The number of nitrogens with one attached hydrogen (secondary N) is 1. The average Bonchev–Trinajstić information content (AvgIpc) is 2.70. The molecule has 1 aromatic heterocycles. The quantitative estimate of drug-likeness (QED) is 0.667. The van der Waals surface area contributed by atoms with Crippen LogP contribution in [-0.4, -0.2) is 28.6 Å². The highest BCUT2D eigenvalue weighted by Gasteiger charge is 2.09. The third kappa shape index (κ3) is 4.50. The summed E-state index contributed by atoms with van der Waals surface area (Å²) >= 11 is 0. The Morgan fingerprint density at radius 1 is 1.07 bits per heavy atom. The van der Waals surface area contributed by atoms with Crippen LogP contribution in [0.4, 0.5) is 5.69 Å². The largest absolute Gasteiger partial charge is 0.497 e. The van der Waals surface area contributed by atoms with E-state index in [2.05, 4.69) is 10.4 Å². The number of amides is 1. The number of hydrogen-bond donors (Lipinski definition) is 1. The van der Waals surface area contributed by atoms with Gasteiger partial charge in [-0.15, -0.1) is 0 Å². The van der Waals surface area contributed by atoms with Crippen molar-refractivity contribution in [1.82, 2.24) is 9.78 Å². The molecule has 0 aliphatic heterocycles. The summed E-state index contributed by atoms with van der Waals surface area (Å²) in [6.45, 7) is 1.21. The first kappa shape index (κ1) is 19.0. The third-order valence-corrected chi connectivity index (χ3v) is 4.10. The Bertz CT molecular complexity index is 1070. The molecule has 0 spiro atoms. The minimum Gasteiger partial charge on any atom is -0.497 e. The molecule has 3 aromatic rings. The summed E-state index contributed by atoms with van der Waals surface area (Å²) in [4.78, 5) is 35.9. The molecule has 1 amide bonds. The highest BCUT2D eigenvalue weighted by atomic mass is 16.5. The van der Waals surface area contributed by atoms with Crippen molar-refractivity contribution in [3.63, 3.8) is 0 Å². The van der Waals surface area contributed by atoms with Crippen LogP contribution in [0.1, 0.15) is 17.3 Å². The first-order valence-corrected chi connectivity index (χ1v) is 8.60. The molecule has 28 heavy (non-hydrogen) atoms. The van der Waals surface area contributed by atoms with E-state index in [1.54, 1.807) is 49.6 Å². The van der Waals surface area contributed by atoms with E-state index < -0.39 is 5.91 Å². The first-order chi connectivity index (χ1) is 13.5. The van der Waals surface area contributed by atoms with E-state index in [4.69, 9.17) is 4.74 Å². The maximum Gasteiger partial charge on any atom is 0.267 e. The predicted octanol–water partition coefficient (Wildman–Crippen LogP) is 2.76. The average molecular weight is 377 g/mol. The Kier molecular flexibility index (Phi) is 5.64. The summed E-state index contributed by atoms with van der Waals surface area (Å²) in [5.41, 5.74) is 1.95. The van der Waals surface area contributed by atoms with Gasteiger partial charge < -0.3 is 10.1 Å². The molecule has 2 aromatic carbocycles. The van der Waals surface area contributed by atoms with Gasteiger partial charge in [0.2, 0.25) is 5.91 Å². The monoisotopic (exact) mass is 377 g/mol. The number of rotatable bonds is 6. The molecule has 142 valence electrons. The number of ether oxygens (including phenoxy) is 1. The SMILES string of the molecule is COc1ccc(-c2ccc(=O)n(CC(=O)Nc3cccc(C(C)=O)c3)n2)cc1. The Hall–Kier alpha value is -3.74. The van der Waals surface area contributed by atoms with Gasteiger partial charge in [-0.05, 0) is 49.4 Å². The van der Waals surface area contributed by atoms with Crippen LogP contribution >= 0.6 is 0 Å². The van der Waals surface area contributed by atoms with Gasteiger partial charge in [0.1, 0.15) is 12.3 Å². The lowest BCUT2D eigenvalue weighted by atomic mass is 10.1. The molecule has 3 rings (SSSR count). The first-order valence-electron chi connectivity index (χ1n) is 8.60. The minimum atomic E-state index is -0.415. The van der Waals surface area contributed by atoms with Crippen LogP contribution in [-0.2, 0) is 11.3 Å². The Morgan fingerprint density at radius 2 is 1.82 bits per heavy atom. The molecule has 0 fully saturated rings. The van der Waals surface area contributed by atoms with E-state index in [0.29, 0.717) is 22.7 Å². The maximum atomic E-state index is 12.3. The van der Waals surface area contributed by atoms with Crippen molar-refractivity contribution in [1.29, 1.82) is 0 Å². The number of aromatic nitrogens is 2. The van der Waals surface area contributed by atoms with Gasteiger partial charge in [0.25, 0.3) is 5.56 Å². The van der Waals surface area contributed by atoms with Crippen molar-refractivity contribution in [3.05, 3.63) is 76.6 Å². The van der Waals surface area contributed by atoms with Crippen LogP contribution in [0.15, 0.2) is 65.5 Å². The Morgan fingerprint density at radius 3 is 2.50 bits per heavy atom. The van der Waals surface area contributed by atoms with Gasteiger partial charge in [-0.3, -0.25) is 14.4 Å². The number of carbonyl (C=O) groups is 2. The Labute approximate surface area is 161 Å². The number of methoxy groups -OCH3 is 1. The molecule has 0 bridgehead atoms. The molecule has 0 unspecified atom stereocenters. The van der Waals surface area contributed by atoms with Crippen LogP contribution in [0.3, 0.4) is 0 Å². The number of ketones is 1. The summed E-state index contributed by atoms with van der Waals surface area (Å²) < 4.78 is 6.23. The van der Waals surface area contributed by atoms with E-state index in [1.807, 2.05) is 12.1 Å². The lowest BCUT2D eigenvalue weighted by Crippen LogP contribution is -2.29. The molecule has 0 radical (unpaired) electrons. The molecule has 1 N–H and O–H groups in total. The molecule has 0 saturated carbocycles. The minimum absolute atomic E-state index is 0.0961. The molecule has 0 aliphatic rings. The Balaban J connectivity index is 1.78. The van der Waals surface area contributed by atoms with Crippen molar-refractivity contribution < 1.29 is 14.3 Å². The molecule has 0 atom stereocenters. The van der Waals surface area contributed by atoms with E-state index in [0.717, 1.165) is 10.2 Å². The summed E-state index contributed by atoms with van der Waals surface area (Å²) in [6, 6.07) is 16.8. The fourth-order valence-corrected chi connectivity index (χ4v) is 2.63. The fraction of sp³-hybridized carbons (Fsp3) is 0.143. The van der Waals surface area contributed by atoms with Gasteiger partial charge in [-0.25, -0.2) is 4.68 Å². The summed E-state index contributed by atoms with van der Waals surface area (Å²) in [5, 5.41) is 6.95. The molecule has 7 nitrogen and oxygen atoms in total. The number of hydrogen-bond acceptors (Lipinski definition) is 5. The van der Waals surface area contributed by atoms with Crippen LogP contribution in [0.25, 0.3) is 11.3 Å². The molecule has 0 saturated heterocycles. The molecule has 0 aliphatic carbocycles. The van der Waals surface area contributed by atoms with E-state index in [-0.39, 0.29) is 17.9 Å². The topological polar surface area (TPSA) is 90.3 Å². The third-order valence-electron chi connectivity index (χ3n) is 4.10. The zero-order chi connectivity index (χ0) is 20.1. The smallest absolute Gasteiger partial charge is 0.267 e. The number of benzene rings is 2. The van der Waals surface area contributed by atoms with Crippen LogP contribution in [0, 0.1) is 0 Å². The summed E-state index contributed by atoms with van der Waals surface area (Å²) in [6.07, 6.45) is 0. The number of nitrogens with zero attached hydrogens (tertiary/aromatic N) is 2. The summed E-state index contributed by atoms with van der Waals surface area (Å²) in [5.74, 6) is 0.201. The van der Waals surface area contributed by atoms with Gasteiger partial charge >= 0.3 is 0 Å². The van der Waals surface area contributed by atoms with Gasteiger partial charge in [-0.2, -0.15) is 5.10 Å². The van der Waals surface area contributed by atoms with Crippen molar-refractivity contribution >= 4 is 17.4 Å². The van der Waals surface area contributed by atoms with Crippen molar-refractivity contribution in [3.8, 4) is 17.0 Å². The van der Waals surface area contributed by atoms with Gasteiger partial charge in [0.05, 0.1) is 12.8 Å². The zero-order valence-corrected chi connectivity index (χ0v) is 15.5. The van der Waals surface area contributed by atoms with Crippen LogP contribution in [0.5, 0.6) is 5.75 Å². The fourth-order valence-electron chi connectivity index (χ4n) is 2.63. The van der Waals surface area contributed by atoms with E-state index in [9.17, 15) is 14.4 Å². The molecular formula is C21H19N3O4. The normalized spacial score (nSPS) is 10.4. The number of anilines is 1. The second-order valence-electron chi connectivity index (χ2n) is 6.13. The molecular weight excluding hydrogens is 358 g/mol. The maximum absolute atomic E-state index is 12.3. The standard InChI is InChI=1S/C21H19N3O4/c1-14(25)16-4-3-5-17(12-16)22-20(26)13-24-21(27)11-10-19(23-24)15-6-8-18(28-2)9-7-15/h3-12H,13H2,1-2H3,(H,22,26). The van der Waals surface area contributed by atoms with Crippen LogP contribution in [0.2, 0.25) is 0 Å². The van der Waals surface area contributed by atoms with Crippen molar-refractivity contribution in [2.24, 2.45) is 0 Å². The molecule has 1 heterocycles. The molecule has 7 heteroatoms. The lowest BCUT2D eigenvalue weighted by Gasteiger charge is -2.09. The second-order valence-corrected chi connectivity index (χ2v) is 6.13.